The first-order valence-electron chi connectivity index (χ1n) is 8.24. The highest BCUT2D eigenvalue weighted by atomic mass is 35.5. The monoisotopic (exact) mass is 349 g/mol. The standard InChI is InChI=1S/C22H20ClNO/c1-24(16-17-12-14-20(23)15-13-17)21(18-8-4-2-5-9-18)22(25)19-10-6-3-7-11-19/h2-15,21H,16H2,1H3. The van der Waals surface area contributed by atoms with E-state index in [1.54, 1.807) is 0 Å². The average molecular weight is 350 g/mol. The molecule has 0 amide bonds. The van der Waals surface area contributed by atoms with Crippen LogP contribution in [0.2, 0.25) is 5.02 Å². The lowest BCUT2D eigenvalue weighted by molar-refractivity contribution is 0.0843. The minimum Gasteiger partial charge on any atom is -0.292 e. The summed E-state index contributed by atoms with van der Waals surface area (Å²) in [6, 6.07) is 26.8. The molecule has 1 atom stereocenters. The van der Waals surface area contributed by atoms with Crippen LogP contribution in [-0.2, 0) is 6.54 Å². The van der Waals surface area contributed by atoms with Crippen LogP contribution >= 0.6 is 11.6 Å². The number of rotatable bonds is 6. The van der Waals surface area contributed by atoms with Gasteiger partial charge in [0.05, 0.1) is 6.04 Å². The third kappa shape index (κ3) is 4.36. The van der Waals surface area contributed by atoms with Gasteiger partial charge in [0.1, 0.15) is 0 Å². The predicted octanol–water partition coefficient (Wildman–Crippen LogP) is 5.40. The van der Waals surface area contributed by atoms with Gasteiger partial charge in [0, 0.05) is 17.1 Å². The van der Waals surface area contributed by atoms with Gasteiger partial charge in [-0.25, -0.2) is 0 Å². The summed E-state index contributed by atoms with van der Waals surface area (Å²) in [7, 11) is 1.98. The van der Waals surface area contributed by atoms with Crippen LogP contribution in [0, 0.1) is 0 Å². The highest BCUT2D eigenvalue weighted by Gasteiger charge is 2.26. The number of carbonyl (C=O) groups excluding carboxylic acids is 1. The molecule has 0 fully saturated rings. The maximum absolute atomic E-state index is 13.2. The number of carbonyl (C=O) groups is 1. The van der Waals surface area contributed by atoms with E-state index in [1.807, 2.05) is 92.0 Å². The second-order valence-corrected chi connectivity index (χ2v) is 6.52. The van der Waals surface area contributed by atoms with Gasteiger partial charge < -0.3 is 0 Å². The molecule has 0 spiro atoms. The molecule has 0 saturated carbocycles. The fraction of sp³-hybridized carbons (Fsp3) is 0.136. The molecule has 3 rings (SSSR count). The molecule has 2 nitrogen and oxygen atoms in total. The molecule has 0 heterocycles. The van der Waals surface area contributed by atoms with Crippen LogP contribution in [0.5, 0.6) is 0 Å². The minimum atomic E-state index is -0.334. The topological polar surface area (TPSA) is 20.3 Å². The molecule has 1 unspecified atom stereocenters. The summed E-state index contributed by atoms with van der Waals surface area (Å²) in [4.78, 5) is 15.2. The number of nitrogens with zero attached hydrogens (tertiary/aromatic N) is 1. The van der Waals surface area contributed by atoms with Crippen LogP contribution in [0.1, 0.15) is 27.5 Å². The van der Waals surface area contributed by atoms with E-state index in [0.717, 1.165) is 16.7 Å². The molecule has 3 heteroatoms. The van der Waals surface area contributed by atoms with Crippen molar-refractivity contribution >= 4 is 17.4 Å². The number of likely N-dealkylation sites (N-methyl/N-ethyl adjacent to an activating group) is 1. The molecule has 3 aromatic rings. The highest BCUT2D eigenvalue weighted by Crippen LogP contribution is 2.26. The molecule has 0 saturated heterocycles. The van der Waals surface area contributed by atoms with E-state index in [9.17, 15) is 4.79 Å². The van der Waals surface area contributed by atoms with Gasteiger partial charge >= 0.3 is 0 Å². The van der Waals surface area contributed by atoms with Crippen LogP contribution < -0.4 is 0 Å². The van der Waals surface area contributed by atoms with Gasteiger partial charge in [0.2, 0.25) is 0 Å². The van der Waals surface area contributed by atoms with Crippen molar-refractivity contribution in [3.05, 3.63) is 107 Å². The number of Topliss-reactive ketones (excluding diaryl/α,β-unsaturated/α-hetero) is 1. The lowest BCUT2D eigenvalue weighted by atomic mass is 9.96. The van der Waals surface area contributed by atoms with Crippen molar-refractivity contribution in [2.24, 2.45) is 0 Å². The first kappa shape index (κ1) is 17.4. The molecule has 0 bridgehead atoms. The third-order valence-electron chi connectivity index (χ3n) is 4.21. The molecule has 126 valence electrons. The van der Waals surface area contributed by atoms with Crippen molar-refractivity contribution in [3.63, 3.8) is 0 Å². The smallest absolute Gasteiger partial charge is 0.184 e. The summed E-state index contributed by atoms with van der Waals surface area (Å²) in [5.74, 6) is 0.100. The number of ketones is 1. The van der Waals surface area contributed by atoms with E-state index in [0.29, 0.717) is 11.6 Å². The van der Waals surface area contributed by atoms with E-state index in [2.05, 4.69) is 4.90 Å². The van der Waals surface area contributed by atoms with Crippen molar-refractivity contribution in [3.8, 4) is 0 Å². The molecular weight excluding hydrogens is 330 g/mol. The van der Waals surface area contributed by atoms with Crippen LogP contribution in [0.4, 0.5) is 0 Å². The van der Waals surface area contributed by atoms with E-state index in [-0.39, 0.29) is 11.8 Å². The lowest BCUT2D eigenvalue weighted by Gasteiger charge is -2.27. The largest absolute Gasteiger partial charge is 0.292 e. The summed E-state index contributed by atoms with van der Waals surface area (Å²) in [6.45, 7) is 0.662. The Bertz CT molecular complexity index is 816. The summed E-state index contributed by atoms with van der Waals surface area (Å²) >= 11 is 5.97. The number of halogens is 1. The maximum Gasteiger partial charge on any atom is 0.184 e. The predicted molar refractivity (Wildman–Crippen MR) is 103 cm³/mol. The summed E-state index contributed by atoms with van der Waals surface area (Å²) < 4.78 is 0. The van der Waals surface area contributed by atoms with Gasteiger partial charge in [-0.05, 0) is 30.3 Å². The normalized spacial score (nSPS) is 12.1. The molecule has 0 aromatic heterocycles. The minimum absolute atomic E-state index is 0.100. The van der Waals surface area contributed by atoms with Crippen molar-refractivity contribution in [1.82, 2.24) is 4.90 Å². The SMILES string of the molecule is CN(Cc1ccc(Cl)cc1)C(C(=O)c1ccccc1)c1ccccc1. The Morgan fingerprint density at radius 2 is 1.44 bits per heavy atom. The number of hydrogen-bond acceptors (Lipinski definition) is 2. The molecule has 0 aliphatic heterocycles. The van der Waals surface area contributed by atoms with Crippen molar-refractivity contribution in [2.45, 2.75) is 12.6 Å². The Hall–Kier alpha value is -2.42. The zero-order chi connectivity index (χ0) is 17.6. The Kier molecular flexibility index (Phi) is 5.64. The summed E-state index contributed by atoms with van der Waals surface area (Å²) in [5.41, 5.74) is 2.83. The summed E-state index contributed by atoms with van der Waals surface area (Å²) in [5, 5.41) is 0.714. The fourth-order valence-corrected chi connectivity index (χ4v) is 3.10. The van der Waals surface area contributed by atoms with Gasteiger partial charge in [-0.15, -0.1) is 0 Å². The van der Waals surface area contributed by atoms with E-state index < -0.39 is 0 Å². The van der Waals surface area contributed by atoms with E-state index in [4.69, 9.17) is 11.6 Å². The van der Waals surface area contributed by atoms with Gasteiger partial charge in [0.15, 0.2) is 5.78 Å². The van der Waals surface area contributed by atoms with E-state index >= 15 is 0 Å². The van der Waals surface area contributed by atoms with Gasteiger partial charge in [0.25, 0.3) is 0 Å². The first-order valence-corrected chi connectivity index (χ1v) is 8.62. The fourth-order valence-electron chi connectivity index (χ4n) is 2.97. The quantitative estimate of drug-likeness (QED) is 0.555. The Balaban J connectivity index is 1.90. The molecule has 0 aliphatic carbocycles. The molecule has 0 aliphatic rings. The highest BCUT2D eigenvalue weighted by molar-refractivity contribution is 6.30. The van der Waals surface area contributed by atoms with Crippen LogP contribution in [0.3, 0.4) is 0 Å². The maximum atomic E-state index is 13.2. The van der Waals surface area contributed by atoms with Gasteiger partial charge in [-0.1, -0.05) is 84.4 Å². The molecule has 3 aromatic carbocycles. The van der Waals surface area contributed by atoms with Gasteiger partial charge in [-0.3, -0.25) is 9.69 Å². The zero-order valence-corrected chi connectivity index (χ0v) is 14.9. The Labute approximate surface area is 153 Å². The van der Waals surface area contributed by atoms with Crippen LogP contribution in [0.25, 0.3) is 0 Å². The second-order valence-electron chi connectivity index (χ2n) is 6.09. The summed E-state index contributed by atoms with van der Waals surface area (Å²) in [6.07, 6.45) is 0. The zero-order valence-electron chi connectivity index (χ0n) is 14.1. The molecular formula is C22H20ClNO. The number of benzene rings is 3. The Morgan fingerprint density at radius 1 is 0.880 bits per heavy atom. The number of hydrogen-bond donors (Lipinski definition) is 0. The van der Waals surface area contributed by atoms with Gasteiger partial charge in [-0.2, -0.15) is 0 Å². The van der Waals surface area contributed by atoms with Crippen molar-refractivity contribution in [1.29, 1.82) is 0 Å². The second kappa shape index (κ2) is 8.11. The molecule has 0 N–H and O–H groups in total. The van der Waals surface area contributed by atoms with Crippen molar-refractivity contribution < 1.29 is 4.79 Å². The molecule has 0 radical (unpaired) electrons. The lowest BCUT2D eigenvalue weighted by Crippen LogP contribution is -2.30. The third-order valence-corrected chi connectivity index (χ3v) is 4.46. The van der Waals surface area contributed by atoms with E-state index in [1.165, 1.54) is 0 Å². The first-order chi connectivity index (χ1) is 12.1. The average Bonchev–Trinajstić information content (AvgIpc) is 2.65. The van der Waals surface area contributed by atoms with Crippen molar-refractivity contribution in [2.75, 3.05) is 7.05 Å². The molecule has 25 heavy (non-hydrogen) atoms. The van der Waals surface area contributed by atoms with Crippen LogP contribution in [-0.4, -0.2) is 17.7 Å². The Morgan fingerprint density at radius 3 is 2.04 bits per heavy atom. The van der Waals surface area contributed by atoms with Crippen LogP contribution in [0.15, 0.2) is 84.9 Å².